The third-order valence-corrected chi connectivity index (χ3v) is 2.84. The van der Waals surface area contributed by atoms with E-state index in [0.29, 0.717) is 12.1 Å². The molecule has 0 aliphatic carbocycles. The van der Waals surface area contributed by atoms with E-state index >= 15 is 0 Å². The second kappa shape index (κ2) is 4.85. The van der Waals surface area contributed by atoms with E-state index in [1.165, 1.54) is 12.1 Å². The van der Waals surface area contributed by atoms with Crippen molar-refractivity contribution in [2.75, 3.05) is 6.61 Å². The Kier molecular flexibility index (Phi) is 3.45. The second-order valence-electron chi connectivity index (χ2n) is 3.76. The van der Waals surface area contributed by atoms with Gasteiger partial charge in [-0.1, -0.05) is 11.6 Å². The van der Waals surface area contributed by atoms with Crippen LogP contribution in [0, 0.1) is 12.7 Å². The van der Waals surface area contributed by atoms with Crippen molar-refractivity contribution in [1.82, 2.24) is 9.78 Å². The number of aryl methyl sites for hydroxylation is 1. The molecule has 0 unspecified atom stereocenters. The van der Waals surface area contributed by atoms with Crippen molar-refractivity contribution in [1.29, 1.82) is 0 Å². The minimum atomic E-state index is -0.449. The highest BCUT2D eigenvalue weighted by atomic mass is 35.5. The molecule has 0 saturated heterocycles. The number of aliphatic hydroxyl groups excluding tert-OH is 1. The molecule has 1 N–H and O–H groups in total. The van der Waals surface area contributed by atoms with Gasteiger partial charge in [-0.15, -0.1) is 0 Å². The first-order valence-electron chi connectivity index (χ1n) is 5.23. The molecule has 0 fully saturated rings. The summed E-state index contributed by atoms with van der Waals surface area (Å²) in [7, 11) is 0. The van der Waals surface area contributed by atoms with E-state index in [-0.39, 0.29) is 11.6 Å². The third-order valence-electron chi connectivity index (χ3n) is 2.55. The summed E-state index contributed by atoms with van der Waals surface area (Å²) in [6.45, 7) is 1.95. The average molecular weight is 255 g/mol. The Morgan fingerprint density at radius 1 is 1.47 bits per heavy atom. The fourth-order valence-electron chi connectivity index (χ4n) is 1.62. The molecule has 1 aromatic heterocycles. The molecule has 0 aliphatic heterocycles. The summed E-state index contributed by atoms with van der Waals surface area (Å²) < 4.78 is 14.7. The largest absolute Gasteiger partial charge is 0.396 e. The van der Waals surface area contributed by atoms with E-state index in [9.17, 15) is 4.39 Å². The first-order chi connectivity index (χ1) is 8.11. The molecule has 0 amide bonds. The Morgan fingerprint density at radius 2 is 2.24 bits per heavy atom. The first-order valence-corrected chi connectivity index (χ1v) is 5.61. The van der Waals surface area contributed by atoms with Crippen LogP contribution in [-0.4, -0.2) is 21.5 Å². The van der Waals surface area contributed by atoms with Crippen molar-refractivity contribution < 1.29 is 9.50 Å². The fraction of sp³-hybridized carbons (Fsp3) is 0.250. The zero-order valence-corrected chi connectivity index (χ0v) is 10.1. The van der Waals surface area contributed by atoms with Gasteiger partial charge in [-0.25, -0.2) is 9.07 Å². The van der Waals surface area contributed by atoms with E-state index in [4.69, 9.17) is 16.7 Å². The second-order valence-corrected chi connectivity index (χ2v) is 4.16. The summed E-state index contributed by atoms with van der Waals surface area (Å²) in [5.41, 5.74) is 2.51. The molecule has 2 rings (SSSR count). The van der Waals surface area contributed by atoms with E-state index in [0.717, 1.165) is 11.3 Å². The minimum absolute atomic E-state index is 0.0689. The van der Waals surface area contributed by atoms with Gasteiger partial charge in [-0.3, -0.25) is 0 Å². The molecule has 5 heteroatoms. The summed E-state index contributed by atoms with van der Waals surface area (Å²) in [6.07, 6.45) is 2.37. The number of hydrogen-bond acceptors (Lipinski definition) is 2. The van der Waals surface area contributed by atoms with E-state index < -0.39 is 5.82 Å². The van der Waals surface area contributed by atoms with E-state index in [1.54, 1.807) is 10.7 Å². The summed E-state index contributed by atoms with van der Waals surface area (Å²) >= 11 is 5.72. The SMILES string of the molecule is Cc1nn(-c2ccc(F)c(Cl)c2)cc1CCO. The Morgan fingerprint density at radius 3 is 2.88 bits per heavy atom. The Labute approximate surface area is 103 Å². The van der Waals surface area contributed by atoms with E-state index in [2.05, 4.69) is 5.10 Å². The third kappa shape index (κ3) is 2.48. The summed E-state index contributed by atoms with van der Waals surface area (Å²) in [5.74, 6) is -0.449. The zero-order chi connectivity index (χ0) is 12.4. The van der Waals surface area contributed by atoms with Gasteiger partial charge in [0.1, 0.15) is 5.82 Å². The van der Waals surface area contributed by atoms with Crippen molar-refractivity contribution in [3.05, 3.63) is 46.5 Å². The molecule has 0 saturated carbocycles. The van der Waals surface area contributed by atoms with Crippen LogP contribution in [0.2, 0.25) is 5.02 Å². The Hall–Kier alpha value is -1.39. The molecule has 1 aromatic carbocycles. The van der Waals surface area contributed by atoms with Crippen molar-refractivity contribution in [2.45, 2.75) is 13.3 Å². The predicted octanol–water partition coefficient (Wildman–Crippen LogP) is 2.51. The predicted molar refractivity (Wildman–Crippen MR) is 64.1 cm³/mol. The van der Waals surface area contributed by atoms with Crippen LogP contribution in [0.25, 0.3) is 5.69 Å². The van der Waals surface area contributed by atoms with Gasteiger partial charge in [0.25, 0.3) is 0 Å². The molecule has 0 atom stereocenters. The summed E-state index contributed by atoms with van der Waals surface area (Å²) in [4.78, 5) is 0. The van der Waals surface area contributed by atoms with Crippen LogP contribution in [0.1, 0.15) is 11.3 Å². The molecule has 0 bridgehead atoms. The quantitative estimate of drug-likeness (QED) is 0.914. The molecule has 90 valence electrons. The highest BCUT2D eigenvalue weighted by Crippen LogP contribution is 2.19. The number of aromatic nitrogens is 2. The standard InChI is InChI=1S/C12H12ClFN2O/c1-8-9(4-5-17)7-16(15-8)10-2-3-12(14)11(13)6-10/h2-3,6-7,17H,4-5H2,1H3. The van der Waals surface area contributed by atoms with Crippen molar-refractivity contribution in [3.63, 3.8) is 0 Å². The molecule has 2 aromatic rings. The van der Waals surface area contributed by atoms with Gasteiger partial charge in [0.2, 0.25) is 0 Å². The molecular formula is C12H12ClFN2O. The van der Waals surface area contributed by atoms with Gasteiger partial charge in [0.05, 0.1) is 16.4 Å². The minimum Gasteiger partial charge on any atom is -0.396 e. The summed E-state index contributed by atoms with van der Waals surface area (Å²) in [5, 5.41) is 13.3. The number of benzene rings is 1. The highest BCUT2D eigenvalue weighted by molar-refractivity contribution is 6.30. The Balaban J connectivity index is 2.39. The van der Waals surface area contributed by atoms with Crippen LogP contribution >= 0.6 is 11.6 Å². The van der Waals surface area contributed by atoms with Crippen molar-refractivity contribution >= 4 is 11.6 Å². The number of nitrogens with zero attached hydrogens (tertiary/aromatic N) is 2. The van der Waals surface area contributed by atoms with Crippen molar-refractivity contribution in [3.8, 4) is 5.69 Å². The van der Waals surface area contributed by atoms with Crippen LogP contribution in [0.15, 0.2) is 24.4 Å². The van der Waals surface area contributed by atoms with Gasteiger partial charge in [0, 0.05) is 12.8 Å². The smallest absolute Gasteiger partial charge is 0.141 e. The van der Waals surface area contributed by atoms with Crippen LogP contribution in [0.4, 0.5) is 4.39 Å². The van der Waals surface area contributed by atoms with Crippen LogP contribution < -0.4 is 0 Å². The van der Waals surface area contributed by atoms with Crippen LogP contribution in [-0.2, 0) is 6.42 Å². The molecular weight excluding hydrogens is 243 g/mol. The van der Waals surface area contributed by atoms with Gasteiger partial charge in [-0.2, -0.15) is 5.10 Å². The normalized spacial score (nSPS) is 10.8. The molecule has 0 aliphatic rings. The van der Waals surface area contributed by atoms with Crippen LogP contribution in [0.3, 0.4) is 0 Å². The summed E-state index contributed by atoms with van der Waals surface area (Å²) in [6, 6.07) is 4.43. The number of rotatable bonds is 3. The molecule has 1 heterocycles. The maximum absolute atomic E-state index is 13.0. The molecule has 3 nitrogen and oxygen atoms in total. The molecule has 0 spiro atoms. The van der Waals surface area contributed by atoms with E-state index in [1.807, 2.05) is 13.1 Å². The zero-order valence-electron chi connectivity index (χ0n) is 9.32. The van der Waals surface area contributed by atoms with Gasteiger partial charge in [0.15, 0.2) is 0 Å². The number of halogens is 2. The maximum atomic E-state index is 13.0. The lowest BCUT2D eigenvalue weighted by Gasteiger charge is -2.02. The first kappa shape index (κ1) is 12.1. The average Bonchev–Trinajstić information content (AvgIpc) is 2.65. The number of aliphatic hydroxyl groups is 1. The van der Waals surface area contributed by atoms with Gasteiger partial charge < -0.3 is 5.11 Å². The highest BCUT2D eigenvalue weighted by Gasteiger charge is 2.07. The van der Waals surface area contributed by atoms with Gasteiger partial charge in [-0.05, 0) is 37.1 Å². The topological polar surface area (TPSA) is 38.0 Å². The lowest BCUT2D eigenvalue weighted by atomic mass is 10.2. The number of hydrogen-bond donors (Lipinski definition) is 1. The monoisotopic (exact) mass is 254 g/mol. The molecule has 17 heavy (non-hydrogen) atoms. The van der Waals surface area contributed by atoms with Crippen molar-refractivity contribution in [2.24, 2.45) is 0 Å². The fourth-order valence-corrected chi connectivity index (χ4v) is 1.80. The lowest BCUT2D eigenvalue weighted by molar-refractivity contribution is 0.299. The molecule has 0 radical (unpaired) electrons. The Bertz CT molecular complexity index is 539. The van der Waals surface area contributed by atoms with Gasteiger partial charge >= 0.3 is 0 Å². The van der Waals surface area contributed by atoms with Crippen LogP contribution in [0.5, 0.6) is 0 Å². The lowest BCUT2D eigenvalue weighted by Crippen LogP contribution is -1.95. The maximum Gasteiger partial charge on any atom is 0.141 e.